The Balaban J connectivity index is 1.94. The van der Waals surface area contributed by atoms with Crippen LogP contribution in [-0.2, 0) is 11.3 Å². The number of nitrogens with zero attached hydrogens (tertiary/aromatic N) is 2. The number of rotatable bonds is 9. The Hall–Kier alpha value is -2.64. The van der Waals surface area contributed by atoms with Crippen LogP contribution in [0.1, 0.15) is 38.7 Å². The predicted octanol–water partition coefficient (Wildman–Crippen LogP) is 3.94. The van der Waals surface area contributed by atoms with Crippen LogP contribution in [0.15, 0.2) is 58.5 Å². The number of ether oxygens (including phenoxy) is 1. The van der Waals surface area contributed by atoms with Gasteiger partial charge in [0.05, 0.1) is 0 Å². The molecule has 1 heterocycles. The van der Waals surface area contributed by atoms with E-state index in [-0.39, 0.29) is 11.5 Å². The lowest BCUT2D eigenvalue weighted by Gasteiger charge is -2.16. The maximum atomic E-state index is 13.4. The van der Waals surface area contributed by atoms with E-state index in [1.807, 2.05) is 62.4 Å². The van der Waals surface area contributed by atoms with Gasteiger partial charge in [-0.3, -0.25) is 9.36 Å². The maximum absolute atomic E-state index is 13.4. The van der Waals surface area contributed by atoms with Crippen molar-refractivity contribution in [2.45, 2.75) is 37.2 Å². The van der Waals surface area contributed by atoms with Crippen molar-refractivity contribution in [3.63, 3.8) is 0 Å². The zero-order chi connectivity index (χ0) is 20.8. The molecule has 6 nitrogen and oxygen atoms in total. The topological polar surface area (TPSA) is 77.0 Å². The van der Waals surface area contributed by atoms with Gasteiger partial charge in [0.2, 0.25) is 0 Å². The van der Waals surface area contributed by atoms with Gasteiger partial charge in [-0.05, 0) is 25.8 Å². The molecular formula is C22H25N3O3S. The maximum Gasteiger partial charge on any atom is 0.343 e. The molecule has 3 aromatic rings. The summed E-state index contributed by atoms with van der Waals surface area (Å²) >= 11 is 1.29. The molecule has 0 saturated carbocycles. The molecule has 0 fully saturated rings. The van der Waals surface area contributed by atoms with Gasteiger partial charge in [0.25, 0.3) is 0 Å². The third-order valence-corrected chi connectivity index (χ3v) is 5.88. The first-order valence-electron chi connectivity index (χ1n) is 9.48. The first kappa shape index (κ1) is 21.1. The molecule has 2 aromatic carbocycles. The number of aromatic nitrogens is 3. The second-order valence-electron chi connectivity index (χ2n) is 6.95. The van der Waals surface area contributed by atoms with Crippen molar-refractivity contribution >= 4 is 17.5 Å². The predicted molar refractivity (Wildman–Crippen MR) is 115 cm³/mol. The second-order valence-corrected chi connectivity index (χ2v) is 8.02. The minimum absolute atomic E-state index is 0.0160. The Kier molecular flexibility index (Phi) is 7.06. The van der Waals surface area contributed by atoms with E-state index in [0.717, 1.165) is 16.7 Å². The molecule has 0 amide bonds. The van der Waals surface area contributed by atoms with Crippen molar-refractivity contribution in [3.05, 3.63) is 81.3 Å². The molecule has 0 aliphatic heterocycles. The van der Waals surface area contributed by atoms with Crippen LogP contribution in [-0.4, -0.2) is 34.3 Å². The number of carbonyl (C=O) groups excluding carboxylic acids is 1. The van der Waals surface area contributed by atoms with Gasteiger partial charge in [0.15, 0.2) is 10.9 Å². The monoisotopic (exact) mass is 411 g/mol. The number of methoxy groups -OCH3 is 1. The third kappa shape index (κ3) is 5.25. The summed E-state index contributed by atoms with van der Waals surface area (Å²) in [6, 6.07) is 15.4. The van der Waals surface area contributed by atoms with Crippen LogP contribution in [0.4, 0.5) is 0 Å². The lowest BCUT2D eigenvalue weighted by Crippen LogP contribution is -2.19. The van der Waals surface area contributed by atoms with Crippen LogP contribution >= 0.6 is 11.8 Å². The Morgan fingerprint density at radius 1 is 1.10 bits per heavy atom. The van der Waals surface area contributed by atoms with E-state index < -0.39 is 5.25 Å². The van der Waals surface area contributed by atoms with Crippen molar-refractivity contribution in [1.29, 1.82) is 0 Å². The quantitative estimate of drug-likeness (QED) is 0.328. The molecular weight excluding hydrogens is 386 g/mol. The largest absolute Gasteiger partial charge is 0.385 e. The highest BCUT2D eigenvalue weighted by Gasteiger charge is 2.26. The fourth-order valence-electron chi connectivity index (χ4n) is 2.95. The Labute approximate surface area is 174 Å². The van der Waals surface area contributed by atoms with Crippen LogP contribution in [0.5, 0.6) is 0 Å². The average molecular weight is 412 g/mol. The normalized spacial score (nSPS) is 12.1. The number of hydrogen-bond donors (Lipinski definition) is 1. The number of aromatic amines is 1. The van der Waals surface area contributed by atoms with Crippen molar-refractivity contribution in [2.75, 3.05) is 13.7 Å². The standard InChI is InChI=1S/C22H25N3O3S/c1-15-5-9-17(10-6-15)19(26)20(18-11-7-16(2)8-12-18)29-22-24-23-21(27)25(22)13-4-14-28-3/h5-12,20H,4,13-14H2,1-3H3,(H,23,27)/t20-/m1/s1. The van der Waals surface area contributed by atoms with Gasteiger partial charge in [0.1, 0.15) is 5.25 Å². The molecule has 0 radical (unpaired) electrons. The summed E-state index contributed by atoms with van der Waals surface area (Å²) in [5.74, 6) is -0.0160. The molecule has 1 N–H and O–H groups in total. The van der Waals surface area contributed by atoms with Crippen LogP contribution in [0.3, 0.4) is 0 Å². The van der Waals surface area contributed by atoms with Crippen molar-refractivity contribution in [1.82, 2.24) is 14.8 Å². The van der Waals surface area contributed by atoms with Gasteiger partial charge in [-0.1, -0.05) is 71.4 Å². The Bertz CT molecular complexity index is 1010. The molecule has 152 valence electrons. The zero-order valence-electron chi connectivity index (χ0n) is 16.8. The highest BCUT2D eigenvalue weighted by molar-refractivity contribution is 8.00. The molecule has 29 heavy (non-hydrogen) atoms. The van der Waals surface area contributed by atoms with Gasteiger partial charge in [0, 0.05) is 25.8 Å². The fourth-order valence-corrected chi connectivity index (χ4v) is 4.09. The number of hydrogen-bond acceptors (Lipinski definition) is 5. The van der Waals surface area contributed by atoms with Gasteiger partial charge in [-0.2, -0.15) is 0 Å². The van der Waals surface area contributed by atoms with E-state index in [9.17, 15) is 9.59 Å². The smallest absolute Gasteiger partial charge is 0.343 e. The molecule has 0 saturated heterocycles. The summed E-state index contributed by atoms with van der Waals surface area (Å²) in [5.41, 5.74) is 3.45. The summed E-state index contributed by atoms with van der Waals surface area (Å²) < 4.78 is 6.64. The van der Waals surface area contributed by atoms with Gasteiger partial charge in [-0.25, -0.2) is 9.89 Å². The van der Waals surface area contributed by atoms with Gasteiger partial charge < -0.3 is 4.74 Å². The molecule has 0 spiro atoms. The van der Waals surface area contributed by atoms with E-state index >= 15 is 0 Å². The molecule has 3 rings (SSSR count). The van der Waals surface area contributed by atoms with Crippen LogP contribution < -0.4 is 5.69 Å². The molecule has 0 bridgehead atoms. The first-order chi connectivity index (χ1) is 14.0. The number of H-pyrrole nitrogens is 1. The molecule has 1 aromatic heterocycles. The highest BCUT2D eigenvalue weighted by atomic mass is 32.2. The van der Waals surface area contributed by atoms with E-state index in [1.54, 1.807) is 11.7 Å². The molecule has 7 heteroatoms. The van der Waals surface area contributed by atoms with Crippen molar-refractivity contribution in [3.8, 4) is 0 Å². The number of ketones is 1. The van der Waals surface area contributed by atoms with Crippen LogP contribution in [0, 0.1) is 13.8 Å². The SMILES string of the molecule is COCCCn1c(S[C@@H](C(=O)c2ccc(C)cc2)c2ccc(C)cc2)n[nH]c1=O. The molecule has 0 unspecified atom stereocenters. The summed E-state index contributed by atoms with van der Waals surface area (Å²) in [4.78, 5) is 25.5. The Morgan fingerprint density at radius 3 is 2.34 bits per heavy atom. The molecule has 0 aliphatic rings. The first-order valence-corrected chi connectivity index (χ1v) is 10.4. The third-order valence-electron chi connectivity index (χ3n) is 4.63. The summed E-state index contributed by atoms with van der Waals surface area (Å²) in [6.45, 7) is 5.02. The summed E-state index contributed by atoms with van der Waals surface area (Å²) in [6.07, 6.45) is 0.685. The molecule has 0 aliphatic carbocycles. The number of aryl methyl sites for hydroxylation is 2. The molecule has 1 atom stereocenters. The van der Waals surface area contributed by atoms with Crippen LogP contribution in [0.25, 0.3) is 0 Å². The Morgan fingerprint density at radius 2 is 1.72 bits per heavy atom. The lowest BCUT2D eigenvalue weighted by molar-refractivity contribution is 0.0989. The average Bonchev–Trinajstić information content (AvgIpc) is 3.07. The van der Waals surface area contributed by atoms with E-state index in [4.69, 9.17) is 4.74 Å². The minimum Gasteiger partial charge on any atom is -0.385 e. The number of benzene rings is 2. The van der Waals surface area contributed by atoms with E-state index in [0.29, 0.717) is 30.3 Å². The zero-order valence-corrected chi connectivity index (χ0v) is 17.7. The minimum atomic E-state index is -0.505. The summed E-state index contributed by atoms with van der Waals surface area (Å²) in [7, 11) is 1.63. The number of Topliss-reactive ketones (excluding diaryl/α,β-unsaturated/α-hetero) is 1. The van der Waals surface area contributed by atoms with E-state index in [2.05, 4.69) is 10.2 Å². The number of nitrogens with one attached hydrogen (secondary N) is 1. The second kappa shape index (κ2) is 9.71. The van der Waals surface area contributed by atoms with Crippen molar-refractivity contribution in [2.24, 2.45) is 0 Å². The summed E-state index contributed by atoms with van der Waals surface area (Å²) in [5, 5.41) is 6.66. The van der Waals surface area contributed by atoms with Gasteiger partial charge >= 0.3 is 5.69 Å². The number of thioether (sulfide) groups is 1. The van der Waals surface area contributed by atoms with E-state index in [1.165, 1.54) is 11.8 Å². The number of carbonyl (C=O) groups is 1. The van der Waals surface area contributed by atoms with Crippen LogP contribution in [0.2, 0.25) is 0 Å². The fraction of sp³-hybridized carbons (Fsp3) is 0.318. The highest BCUT2D eigenvalue weighted by Crippen LogP contribution is 2.36. The van der Waals surface area contributed by atoms with Gasteiger partial charge in [-0.15, -0.1) is 5.10 Å². The lowest BCUT2D eigenvalue weighted by atomic mass is 10.0. The van der Waals surface area contributed by atoms with Crippen molar-refractivity contribution < 1.29 is 9.53 Å².